The van der Waals surface area contributed by atoms with Crippen LogP contribution in [0.2, 0.25) is 5.15 Å². The molecule has 4 rings (SSSR count). The van der Waals surface area contributed by atoms with Crippen LogP contribution in [0.3, 0.4) is 0 Å². The van der Waals surface area contributed by atoms with Crippen molar-refractivity contribution in [2.24, 2.45) is 5.92 Å². The van der Waals surface area contributed by atoms with Gasteiger partial charge in [-0.05, 0) is 57.4 Å². The molecule has 8 heteroatoms. The fourth-order valence-electron chi connectivity index (χ4n) is 4.10. The number of aromatic nitrogens is 1. The second kappa shape index (κ2) is 8.81. The maximum Gasteiger partial charge on any atom is 0.216 e. The molecule has 158 valence electrons. The van der Waals surface area contributed by atoms with Gasteiger partial charge in [0.15, 0.2) is 0 Å². The zero-order chi connectivity index (χ0) is 20.4. The summed E-state index contributed by atoms with van der Waals surface area (Å²) in [7, 11) is -3.08. The monoisotopic (exact) mass is 437 g/mol. The highest BCUT2D eigenvalue weighted by Gasteiger charge is 2.41. The Morgan fingerprint density at radius 3 is 2.45 bits per heavy atom. The van der Waals surface area contributed by atoms with Crippen LogP contribution in [-0.4, -0.2) is 53.3 Å². The van der Waals surface area contributed by atoms with Gasteiger partial charge in [-0.1, -0.05) is 23.4 Å². The Morgan fingerprint density at radius 1 is 1.10 bits per heavy atom. The number of halogens is 1. The summed E-state index contributed by atoms with van der Waals surface area (Å²) in [5, 5.41) is 13.5. The molecule has 1 aliphatic heterocycles. The predicted octanol–water partition coefficient (Wildman–Crippen LogP) is 3.01. The van der Waals surface area contributed by atoms with Crippen LogP contribution in [0.15, 0.2) is 12.3 Å². The Hall–Kier alpha value is -1.33. The Morgan fingerprint density at radius 2 is 1.79 bits per heavy atom. The zero-order valence-corrected chi connectivity index (χ0v) is 18.1. The highest BCUT2D eigenvalue weighted by Crippen LogP contribution is 2.33. The lowest BCUT2D eigenvalue weighted by atomic mass is 9.93. The number of hydrogen-bond acceptors (Lipinski definition) is 5. The summed E-state index contributed by atoms with van der Waals surface area (Å²) in [6.07, 6.45) is 8.10. The van der Waals surface area contributed by atoms with Crippen molar-refractivity contribution in [2.45, 2.75) is 68.8 Å². The molecule has 3 aliphatic rings. The molecule has 6 nitrogen and oxygen atoms in total. The molecule has 2 heterocycles. The van der Waals surface area contributed by atoms with Gasteiger partial charge in [0.25, 0.3) is 0 Å². The van der Waals surface area contributed by atoms with Crippen molar-refractivity contribution in [2.75, 3.05) is 18.4 Å². The third kappa shape index (κ3) is 5.24. The van der Waals surface area contributed by atoms with E-state index < -0.39 is 10.0 Å². The van der Waals surface area contributed by atoms with E-state index in [1.54, 1.807) is 16.6 Å². The standard InChI is InChI=1S/C21H28ClN3O3S/c22-21-13-20(24-17-3-5-18(26)6-4-17)16(14-23-21)2-1-15-9-11-25(12-10-15)29(27,28)19-7-8-19/h13-15,17-19,26H,3-12H2,(H,23,24). The molecular formula is C21H28ClN3O3S. The summed E-state index contributed by atoms with van der Waals surface area (Å²) in [4.78, 5) is 4.17. The van der Waals surface area contributed by atoms with Gasteiger partial charge in [-0.3, -0.25) is 0 Å². The SMILES string of the molecule is O=S(=O)(C1CC1)N1CCC(C#Cc2cnc(Cl)cc2NC2CCC(O)CC2)CC1. The minimum Gasteiger partial charge on any atom is -0.393 e. The summed E-state index contributed by atoms with van der Waals surface area (Å²) < 4.78 is 26.4. The van der Waals surface area contributed by atoms with Gasteiger partial charge < -0.3 is 10.4 Å². The van der Waals surface area contributed by atoms with Crippen molar-refractivity contribution in [3.63, 3.8) is 0 Å². The number of aliphatic hydroxyl groups excluding tert-OH is 1. The van der Waals surface area contributed by atoms with Crippen LogP contribution < -0.4 is 5.32 Å². The lowest BCUT2D eigenvalue weighted by molar-refractivity contribution is 0.126. The summed E-state index contributed by atoms with van der Waals surface area (Å²) in [6, 6.07) is 2.11. The van der Waals surface area contributed by atoms with Crippen LogP contribution in [0.5, 0.6) is 0 Å². The number of sulfonamides is 1. The van der Waals surface area contributed by atoms with Gasteiger partial charge in [-0.25, -0.2) is 17.7 Å². The quantitative estimate of drug-likeness (QED) is 0.559. The van der Waals surface area contributed by atoms with E-state index in [4.69, 9.17) is 11.6 Å². The number of nitrogens with one attached hydrogen (secondary N) is 1. The second-order valence-electron chi connectivity index (χ2n) is 8.39. The van der Waals surface area contributed by atoms with Crippen LogP contribution in [0.1, 0.15) is 56.9 Å². The Balaban J connectivity index is 1.39. The maximum atomic E-state index is 12.4. The molecule has 0 atom stereocenters. The molecule has 29 heavy (non-hydrogen) atoms. The first-order chi connectivity index (χ1) is 13.9. The van der Waals surface area contributed by atoms with Gasteiger partial charge in [0.2, 0.25) is 10.0 Å². The van der Waals surface area contributed by atoms with Crippen LogP contribution in [0.4, 0.5) is 5.69 Å². The third-order valence-electron chi connectivity index (χ3n) is 6.10. The topological polar surface area (TPSA) is 82.5 Å². The number of piperidine rings is 1. The average Bonchev–Trinajstić information content (AvgIpc) is 3.55. The number of aliphatic hydroxyl groups is 1. The van der Waals surface area contributed by atoms with E-state index in [2.05, 4.69) is 22.1 Å². The molecule has 2 N–H and O–H groups in total. The number of hydrogen-bond donors (Lipinski definition) is 2. The summed E-state index contributed by atoms with van der Waals surface area (Å²) >= 11 is 6.09. The van der Waals surface area contributed by atoms with Crippen molar-refractivity contribution in [1.82, 2.24) is 9.29 Å². The maximum absolute atomic E-state index is 12.4. The molecule has 0 aromatic carbocycles. The predicted molar refractivity (Wildman–Crippen MR) is 114 cm³/mol. The van der Waals surface area contributed by atoms with E-state index in [0.29, 0.717) is 24.3 Å². The van der Waals surface area contributed by atoms with Crippen LogP contribution in [0, 0.1) is 17.8 Å². The fraction of sp³-hybridized carbons (Fsp3) is 0.667. The molecule has 2 aliphatic carbocycles. The van der Waals surface area contributed by atoms with Gasteiger partial charge in [-0.2, -0.15) is 0 Å². The van der Waals surface area contributed by atoms with E-state index >= 15 is 0 Å². The number of rotatable bonds is 4. The van der Waals surface area contributed by atoms with Gasteiger partial charge >= 0.3 is 0 Å². The van der Waals surface area contributed by atoms with Crippen LogP contribution >= 0.6 is 11.6 Å². The minimum absolute atomic E-state index is 0.139. The molecule has 3 fully saturated rings. The van der Waals surface area contributed by atoms with Crippen molar-refractivity contribution in [3.8, 4) is 11.8 Å². The Kier molecular flexibility index (Phi) is 6.35. The highest BCUT2D eigenvalue weighted by molar-refractivity contribution is 7.90. The van der Waals surface area contributed by atoms with E-state index in [-0.39, 0.29) is 17.3 Å². The van der Waals surface area contributed by atoms with E-state index in [1.165, 1.54) is 0 Å². The van der Waals surface area contributed by atoms with Gasteiger partial charge in [-0.15, -0.1) is 0 Å². The molecule has 0 bridgehead atoms. The molecule has 2 saturated carbocycles. The molecule has 0 unspecified atom stereocenters. The first-order valence-corrected chi connectivity index (χ1v) is 12.4. The van der Waals surface area contributed by atoms with Crippen molar-refractivity contribution < 1.29 is 13.5 Å². The first-order valence-electron chi connectivity index (χ1n) is 10.5. The normalized spacial score (nSPS) is 26.6. The molecule has 1 saturated heterocycles. The van der Waals surface area contributed by atoms with E-state index in [1.807, 2.05) is 0 Å². The number of pyridine rings is 1. The largest absolute Gasteiger partial charge is 0.393 e. The van der Waals surface area contributed by atoms with Gasteiger partial charge in [0.05, 0.1) is 22.6 Å². The van der Waals surface area contributed by atoms with E-state index in [9.17, 15) is 13.5 Å². The first kappa shape index (κ1) is 20.9. The molecule has 1 aromatic rings. The summed E-state index contributed by atoms with van der Waals surface area (Å²) in [5.41, 5.74) is 1.70. The van der Waals surface area contributed by atoms with Crippen LogP contribution in [0.25, 0.3) is 0 Å². The highest BCUT2D eigenvalue weighted by atomic mass is 35.5. The van der Waals surface area contributed by atoms with Crippen molar-refractivity contribution in [1.29, 1.82) is 0 Å². The van der Waals surface area contributed by atoms with Crippen LogP contribution in [-0.2, 0) is 10.0 Å². The van der Waals surface area contributed by atoms with E-state index in [0.717, 1.165) is 62.6 Å². The molecule has 0 spiro atoms. The molecule has 1 aromatic heterocycles. The smallest absolute Gasteiger partial charge is 0.216 e. The Labute approximate surface area is 178 Å². The van der Waals surface area contributed by atoms with Crippen molar-refractivity contribution >= 4 is 27.3 Å². The lowest BCUT2D eigenvalue weighted by Gasteiger charge is -2.29. The molecular weight excluding hydrogens is 410 g/mol. The zero-order valence-electron chi connectivity index (χ0n) is 16.5. The van der Waals surface area contributed by atoms with Gasteiger partial charge in [0.1, 0.15) is 5.15 Å². The number of nitrogens with zero attached hydrogens (tertiary/aromatic N) is 2. The minimum atomic E-state index is -3.08. The van der Waals surface area contributed by atoms with Crippen molar-refractivity contribution in [3.05, 3.63) is 23.0 Å². The second-order valence-corrected chi connectivity index (χ2v) is 11.0. The summed E-state index contributed by atoms with van der Waals surface area (Å²) in [5.74, 6) is 6.76. The fourth-order valence-corrected chi connectivity index (χ4v) is 6.13. The lowest BCUT2D eigenvalue weighted by Crippen LogP contribution is -2.40. The Bertz CT molecular complexity index is 891. The average molecular weight is 438 g/mol. The van der Waals surface area contributed by atoms with Gasteiger partial charge in [0, 0.05) is 31.2 Å². The summed E-state index contributed by atoms with van der Waals surface area (Å²) in [6.45, 7) is 1.12. The third-order valence-corrected chi connectivity index (χ3v) is 8.70. The molecule has 0 amide bonds. The molecule has 0 radical (unpaired) electrons. The number of anilines is 1.